The molecule has 0 radical (unpaired) electrons. The highest BCUT2D eigenvalue weighted by molar-refractivity contribution is 7.80. The van der Waals surface area contributed by atoms with Gasteiger partial charge in [0.1, 0.15) is 18.1 Å². The first-order valence-electron chi connectivity index (χ1n) is 8.26. The molecule has 0 bridgehead atoms. The highest BCUT2D eigenvalue weighted by Gasteiger charge is 2.28. The Kier molecular flexibility index (Phi) is 12.3. The lowest BCUT2D eigenvalue weighted by molar-refractivity contribution is -0.143. The second-order valence-corrected chi connectivity index (χ2v) is 5.96. The number of nitrogens with one attached hydrogen (secondary N) is 3. The first-order valence-corrected chi connectivity index (χ1v) is 8.89. The summed E-state index contributed by atoms with van der Waals surface area (Å²) in [4.78, 5) is 50.8. The predicted octanol–water partition coefficient (Wildman–Crippen LogP) is -4.54. The summed E-state index contributed by atoms with van der Waals surface area (Å²) in [6.07, 6.45) is 0.351. The molecule has 0 spiro atoms. The minimum Gasteiger partial charge on any atom is -0.480 e. The molecule has 0 saturated carbocycles. The van der Waals surface area contributed by atoms with Gasteiger partial charge in [0.05, 0.1) is 13.2 Å². The number of aliphatic carboxylic acids is 1. The van der Waals surface area contributed by atoms with Gasteiger partial charge in [-0.05, 0) is 12.8 Å². The van der Waals surface area contributed by atoms with Gasteiger partial charge in [-0.3, -0.25) is 19.4 Å². The van der Waals surface area contributed by atoms with Crippen molar-refractivity contribution >= 4 is 42.3 Å². The SMILES string of the molecule is NCC(=O)NC(CS)C(=O)NC(CCCN=C(N)N)C(=O)NC(CO)C(=O)O. The molecule has 0 aromatic rings. The molecule has 0 rings (SSSR count). The molecular formula is C14H27N7O6S. The number of nitrogens with zero attached hydrogens (tertiary/aromatic N) is 1. The van der Waals surface area contributed by atoms with Gasteiger partial charge in [0.25, 0.3) is 0 Å². The lowest BCUT2D eigenvalue weighted by Crippen LogP contribution is -2.57. The Morgan fingerprint density at radius 1 is 1.00 bits per heavy atom. The molecule has 0 aliphatic heterocycles. The summed E-state index contributed by atoms with van der Waals surface area (Å²) >= 11 is 3.98. The lowest BCUT2D eigenvalue weighted by Gasteiger charge is -2.23. The number of aliphatic hydroxyl groups is 1. The van der Waals surface area contributed by atoms with Crippen LogP contribution in [0.2, 0.25) is 0 Å². The van der Waals surface area contributed by atoms with E-state index in [4.69, 9.17) is 27.4 Å². The number of hydrogen-bond donors (Lipinski definition) is 9. The number of guanidine groups is 1. The van der Waals surface area contributed by atoms with Gasteiger partial charge in [0.2, 0.25) is 17.7 Å². The molecule has 3 unspecified atom stereocenters. The first-order chi connectivity index (χ1) is 13.2. The molecule has 0 aliphatic carbocycles. The minimum absolute atomic E-state index is 0.0612. The molecule has 160 valence electrons. The van der Waals surface area contributed by atoms with Gasteiger partial charge in [-0.2, -0.15) is 12.6 Å². The first kappa shape index (κ1) is 25.4. The van der Waals surface area contributed by atoms with E-state index in [1.54, 1.807) is 0 Å². The smallest absolute Gasteiger partial charge is 0.328 e. The molecular weight excluding hydrogens is 394 g/mol. The number of carboxylic acid groups (broad SMARTS) is 1. The van der Waals surface area contributed by atoms with E-state index < -0.39 is 48.4 Å². The number of carbonyl (C=O) groups is 4. The van der Waals surface area contributed by atoms with Gasteiger partial charge in [0.15, 0.2) is 5.96 Å². The minimum atomic E-state index is -1.54. The van der Waals surface area contributed by atoms with Gasteiger partial charge in [-0.15, -0.1) is 0 Å². The number of thiol groups is 1. The quantitative estimate of drug-likeness (QED) is 0.0601. The van der Waals surface area contributed by atoms with E-state index in [2.05, 4.69) is 33.6 Å². The molecule has 0 aliphatic rings. The van der Waals surface area contributed by atoms with Crippen LogP contribution >= 0.6 is 12.6 Å². The number of nitrogens with two attached hydrogens (primary N) is 3. The van der Waals surface area contributed by atoms with Crippen molar-refractivity contribution in [3.05, 3.63) is 0 Å². The van der Waals surface area contributed by atoms with E-state index >= 15 is 0 Å². The van der Waals surface area contributed by atoms with Crippen LogP contribution in [0.25, 0.3) is 0 Å². The highest BCUT2D eigenvalue weighted by Crippen LogP contribution is 2.02. The van der Waals surface area contributed by atoms with E-state index in [1.165, 1.54) is 0 Å². The number of carbonyl (C=O) groups excluding carboxylic acids is 3. The number of aliphatic hydroxyl groups excluding tert-OH is 1. The summed E-state index contributed by atoms with van der Waals surface area (Å²) < 4.78 is 0. The van der Waals surface area contributed by atoms with Gasteiger partial charge < -0.3 is 43.4 Å². The van der Waals surface area contributed by atoms with Crippen LogP contribution in [0.3, 0.4) is 0 Å². The van der Waals surface area contributed by atoms with E-state index in [9.17, 15) is 19.2 Å². The zero-order valence-corrected chi connectivity index (χ0v) is 16.0. The fourth-order valence-corrected chi connectivity index (χ4v) is 2.21. The normalized spacial score (nSPS) is 13.5. The van der Waals surface area contributed by atoms with Crippen molar-refractivity contribution in [2.45, 2.75) is 31.0 Å². The zero-order valence-electron chi connectivity index (χ0n) is 15.1. The Morgan fingerprint density at radius 2 is 1.57 bits per heavy atom. The standard InChI is InChI=1S/C14H27N7O6S/c15-4-10(23)19-9(6-28)12(25)20-7(2-1-3-18-14(16)17)11(24)21-8(5-22)13(26)27/h7-9,22,28H,1-6,15H2,(H,19,23)(H,20,25)(H,21,24)(H,26,27)(H4,16,17,18). The molecule has 11 N–H and O–H groups in total. The third kappa shape index (κ3) is 9.94. The van der Waals surface area contributed by atoms with Crippen LogP contribution in [0.5, 0.6) is 0 Å². The van der Waals surface area contributed by atoms with E-state index in [-0.39, 0.29) is 37.6 Å². The van der Waals surface area contributed by atoms with Crippen LogP contribution in [0.4, 0.5) is 0 Å². The summed E-state index contributed by atoms with van der Waals surface area (Å²) in [6, 6.07) is -3.75. The van der Waals surface area contributed by atoms with Crippen molar-refractivity contribution in [2.75, 3.05) is 25.4 Å². The molecule has 0 aromatic heterocycles. The van der Waals surface area contributed by atoms with Crippen LogP contribution in [0.1, 0.15) is 12.8 Å². The topological polar surface area (TPSA) is 235 Å². The van der Waals surface area contributed by atoms with Gasteiger partial charge >= 0.3 is 5.97 Å². The van der Waals surface area contributed by atoms with E-state index in [0.29, 0.717) is 0 Å². The Bertz CT molecular complexity index is 585. The summed E-state index contributed by atoms with van der Waals surface area (Å²) in [7, 11) is 0. The molecule has 3 atom stereocenters. The number of amides is 3. The van der Waals surface area contributed by atoms with Crippen LogP contribution < -0.4 is 33.2 Å². The van der Waals surface area contributed by atoms with Gasteiger partial charge in [0, 0.05) is 12.3 Å². The van der Waals surface area contributed by atoms with E-state index in [1.807, 2.05) is 0 Å². The Labute approximate surface area is 166 Å². The molecule has 3 amide bonds. The zero-order chi connectivity index (χ0) is 21.7. The Balaban J connectivity index is 5.15. The molecule has 0 fully saturated rings. The summed E-state index contributed by atoms with van der Waals surface area (Å²) in [5.74, 6) is -3.78. The van der Waals surface area contributed by atoms with Crippen LogP contribution in [-0.4, -0.2) is 83.4 Å². The second kappa shape index (κ2) is 13.6. The van der Waals surface area contributed by atoms with E-state index in [0.717, 1.165) is 0 Å². The van der Waals surface area contributed by atoms with Gasteiger partial charge in [-0.25, -0.2) is 4.79 Å². The second-order valence-electron chi connectivity index (χ2n) is 5.60. The maximum Gasteiger partial charge on any atom is 0.328 e. The van der Waals surface area contributed by atoms with Crippen molar-refractivity contribution in [2.24, 2.45) is 22.2 Å². The lowest BCUT2D eigenvalue weighted by atomic mass is 10.1. The van der Waals surface area contributed by atoms with Crippen molar-refractivity contribution in [3.8, 4) is 0 Å². The third-order valence-corrected chi connectivity index (χ3v) is 3.76. The largest absolute Gasteiger partial charge is 0.480 e. The molecule has 0 aromatic carbocycles. The molecule has 0 saturated heterocycles. The summed E-state index contributed by atoms with van der Waals surface area (Å²) in [5, 5.41) is 24.8. The molecule has 13 nitrogen and oxygen atoms in total. The van der Waals surface area contributed by atoms with Gasteiger partial charge in [-0.1, -0.05) is 0 Å². The fourth-order valence-electron chi connectivity index (χ4n) is 1.95. The molecule has 14 heteroatoms. The van der Waals surface area contributed by atoms with Crippen molar-refractivity contribution in [1.29, 1.82) is 0 Å². The predicted molar refractivity (Wildman–Crippen MR) is 103 cm³/mol. The third-order valence-electron chi connectivity index (χ3n) is 3.40. The fraction of sp³-hybridized carbons (Fsp3) is 0.643. The average molecular weight is 421 g/mol. The maximum absolute atomic E-state index is 12.4. The Hall–Kier alpha value is -2.58. The van der Waals surface area contributed by atoms with Crippen LogP contribution in [0, 0.1) is 0 Å². The van der Waals surface area contributed by atoms with Crippen LogP contribution in [0.15, 0.2) is 4.99 Å². The van der Waals surface area contributed by atoms with Crippen molar-refractivity contribution in [1.82, 2.24) is 16.0 Å². The summed E-state index contributed by atoms with van der Waals surface area (Å²) in [5.41, 5.74) is 15.6. The van der Waals surface area contributed by atoms with Crippen molar-refractivity contribution < 1.29 is 29.4 Å². The average Bonchev–Trinajstić information content (AvgIpc) is 2.65. The monoisotopic (exact) mass is 421 g/mol. The highest BCUT2D eigenvalue weighted by atomic mass is 32.1. The number of carboxylic acids is 1. The Morgan fingerprint density at radius 3 is 2.04 bits per heavy atom. The number of aliphatic imine (C=N–C) groups is 1. The number of hydrogen-bond acceptors (Lipinski definition) is 8. The molecule has 28 heavy (non-hydrogen) atoms. The molecule has 0 heterocycles. The van der Waals surface area contributed by atoms with Crippen molar-refractivity contribution in [3.63, 3.8) is 0 Å². The maximum atomic E-state index is 12.4. The van der Waals surface area contributed by atoms with Crippen LogP contribution in [-0.2, 0) is 19.2 Å². The number of rotatable bonds is 13. The summed E-state index contributed by atoms with van der Waals surface area (Å²) in [6.45, 7) is -0.997.